The summed E-state index contributed by atoms with van der Waals surface area (Å²) in [5, 5.41) is 14.3. The van der Waals surface area contributed by atoms with E-state index >= 15 is 0 Å². The van der Waals surface area contributed by atoms with Gasteiger partial charge in [0.2, 0.25) is 0 Å². The van der Waals surface area contributed by atoms with Crippen LogP contribution in [0.4, 0.5) is 0 Å². The van der Waals surface area contributed by atoms with Gasteiger partial charge in [-0.15, -0.1) is 21.5 Å². The van der Waals surface area contributed by atoms with E-state index in [0.717, 1.165) is 19.4 Å². The van der Waals surface area contributed by atoms with Crippen LogP contribution in [0.5, 0.6) is 0 Å². The summed E-state index contributed by atoms with van der Waals surface area (Å²) in [5.41, 5.74) is 0. The lowest BCUT2D eigenvalue weighted by Gasteiger charge is -2.10. The van der Waals surface area contributed by atoms with Crippen molar-refractivity contribution in [3.63, 3.8) is 0 Å². The molecule has 98 valence electrons. The minimum atomic E-state index is 0.639. The molecule has 0 amide bonds. The summed E-state index contributed by atoms with van der Waals surface area (Å²) < 4.78 is 0. The third kappa shape index (κ3) is 5.13. The molecule has 0 fully saturated rings. The highest BCUT2D eigenvalue weighted by molar-refractivity contribution is 7.11. The number of nitrogens with one attached hydrogen (secondary N) is 1. The Bertz CT molecular complexity index is 293. The molecule has 0 aromatic carbocycles. The molecule has 1 aromatic heterocycles. The molecule has 1 aromatic rings. The molecule has 0 unspecified atom stereocenters. The Morgan fingerprint density at radius 3 is 2.47 bits per heavy atom. The maximum atomic E-state index is 4.38. The zero-order valence-corrected chi connectivity index (χ0v) is 12.1. The Morgan fingerprint density at radius 1 is 1.18 bits per heavy atom. The monoisotopic (exact) mass is 255 g/mol. The Hall–Kier alpha value is -0.480. The van der Waals surface area contributed by atoms with Gasteiger partial charge in [-0.25, -0.2) is 0 Å². The van der Waals surface area contributed by atoms with Gasteiger partial charge in [0.05, 0.1) is 0 Å². The molecule has 1 rings (SSSR count). The third-order valence-electron chi connectivity index (χ3n) is 2.92. The van der Waals surface area contributed by atoms with Gasteiger partial charge in [0.25, 0.3) is 0 Å². The fourth-order valence-corrected chi connectivity index (χ4v) is 3.09. The molecule has 0 atom stereocenters. The van der Waals surface area contributed by atoms with Crippen molar-refractivity contribution in [1.29, 1.82) is 0 Å². The standard InChI is InChI=1S/C13H25N3S/c1-4-7-11(8-5-2)13-16-15-12(17-13)9-6-10-14-3/h11,14H,4-10H2,1-3H3. The largest absolute Gasteiger partial charge is 0.320 e. The molecular formula is C13H25N3S. The number of hydrogen-bond donors (Lipinski definition) is 1. The number of aryl methyl sites for hydroxylation is 1. The van der Waals surface area contributed by atoms with Crippen LogP contribution in [-0.2, 0) is 6.42 Å². The predicted octanol–water partition coefficient (Wildman–Crippen LogP) is 3.37. The van der Waals surface area contributed by atoms with Gasteiger partial charge in [0, 0.05) is 12.3 Å². The van der Waals surface area contributed by atoms with Crippen molar-refractivity contribution in [2.75, 3.05) is 13.6 Å². The maximum absolute atomic E-state index is 4.38. The SMILES string of the molecule is CCCC(CCC)c1nnc(CCCNC)s1. The van der Waals surface area contributed by atoms with Crippen LogP contribution in [0.2, 0.25) is 0 Å². The first kappa shape index (κ1) is 14.6. The molecule has 17 heavy (non-hydrogen) atoms. The molecule has 0 saturated carbocycles. The Labute approximate surface area is 109 Å². The van der Waals surface area contributed by atoms with E-state index in [4.69, 9.17) is 0 Å². The van der Waals surface area contributed by atoms with Crippen LogP contribution in [0.15, 0.2) is 0 Å². The number of nitrogens with zero attached hydrogens (tertiary/aromatic N) is 2. The van der Waals surface area contributed by atoms with Crippen molar-refractivity contribution < 1.29 is 0 Å². The summed E-state index contributed by atoms with van der Waals surface area (Å²) in [7, 11) is 1.99. The fraction of sp³-hybridized carbons (Fsp3) is 0.846. The molecule has 1 N–H and O–H groups in total. The van der Waals surface area contributed by atoms with Gasteiger partial charge in [-0.05, 0) is 32.9 Å². The van der Waals surface area contributed by atoms with E-state index in [2.05, 4.69) is 29.4 Å². The number of aromatic nitrogens is 2. The number of hydrogen-bond acceptors (Lipinski definition) is 4. The smallest absolute Gasteiger partial charge is 0.120 e. The summed E-state index contributed by atoms with van der Waals surface area (Å²) >= 11 is 1.82. The van der Waals surface area contributed by atoms with Gasteiger partial charge < -0.3 is 5.32 Å². The topological polar surface area (TPSA) is 37.8 Å². The van der Waals surface area contributed by atoms with E-state index in [1.54, 1.807) is 0 Å². The fourth-order valence-electron chi connectivity index (χ4n) is 2.04. The van der Waals surface area contributed by atoms with Crippen LogP contribution in [0.3, 0.4) is 0 Å². The van der Waals surface area contributed by atoms with E-state index in [1.807, 2.05) is 18.4 Å². The molecular weight excluding hydrogens is 230 g/mol. The molecule has 0 spiro atoms. The van der Waals surface area contributed by atoms with Crippen LogP contribution in [-0.4, -0.2) is 23.8 Å². The van der Waals surface area contributed by atoms with Gasteiger partial charge in [0.15, 0.2) is 0 Å². The van der Waals surface area contributed by atoms with E-state index in [9.17, 15) is 0 Å². The van der Waals surface area contributed by atoms with Crippen molar-refractivity contribution in [3.8, 4) is 0 Å². The highest BCUT2D eigenvalue weighted by Gasteiger charge is 2.15. The van der Waals surface area contributed by atoms with Crippen LogP contribution >= 0.6 is 11.3 Å². The Balaban J connectivity index is 2.51. The molecule has 0 aliphatic heterocycles. The van der Waals surface area contributed by atoms with Crippen molar-refractivity contribution in [2.24, 2.45) is 0 Å². The maximum Gasteiger partial charge on any atom is 0.120 e. The first-order chi connectivity index (χ1) is 8.31. The van der Waals surface area contributed by atoms with E-state index in [1.165, 1.54) is 35.7 Å². The minimum Gasteiger partial charge on any atom is -0.320 e. The van der Waals surface area contributed by atoms with Crippen molar-refractivity contribution in [2.45, 2.75) is 58.3 Å². The third-order valence-corrected chi connectivity index (χ3v) is 4.07. The van der Waals surface area contributed by atoms with E-state index < -0.39 is 0 Å². The van der Waals surface area contributed by atoms with Crippen molar-refractivity contribution in [1.82, 2.24) is 15.5 Å². The predicted molar refractivity (Wildman–Crippen MR) is 74.7 cm³/mol. The van der Waals surface area contributed by atoms with Crippen LogP contribution in [0.1, 0.15) is 61.9 Å². The molecule has 3 nitrogen and oxygen atoms in total. The molecule has 4 heteroatoms. The summed E-state index contributed by atoms with van der Waals surface area (Å²) in [5.74, 6) is 0.639. The second-order valence-electron chi connectivity index (χ2n) is 4.52. The summed E-state index contributed by atoms with van der Waals surface area (Å²) in [4.78, 5) is 0. The lowest BCUT2D eigenvalue weighted by Crippen LogP contribution is -2.08. The molecule has 0 saturated heterocycles. The summed E-state index contributed by atoms with van der Waals surface area (Å²) in [6.07, 6.45) is 7.18. The molecule has 1 heterocycles. The quantitative estimate of drug-likeness (QED) is 0.687. The first-order valence-corrected chi connectivity index (χ1v) is 7.60. The normalized spacial score (nSPS) is 11.3. The second kappa shape index (κ2) is 8.59. The summed E-state index contributed by atoms with van der Waals surface area (Å²) in [6.45, 7) is 5.55. The van der Waals surface area contributed by atoms with Gasteiger partial charge in [-0.1, -0.05) is 26.7 Å². The average molecular weight is 255 g/mol. The molecule has 0 aliphatic carbocycles. The van der Waals surface area contributed by atoms with Gasteiger partial charge in [-0.3, -0.25) is 0 Å². The van der Waals surface area contributed by atoms with E-state index in [-0.39, 0.29) is 0 Å². The van der Waals surface area contributed by atoms with Crippen molar-refractivity contribution in [3.05, 3.63) is 10.0 Å². The first-order valence-electron chi connectivity index (χ1n) is 6.78. The molecule has 0 radical (unpaired) electrons. The van der Waals surface area contributed by atoms with Crippen molar-refractivity contribution >= 4 is 11.3 Å². The van der Waals surface area contributed by atoms with E-state index in [0.29, 0.717) is 5.92 Å². The average Bonchev–Trinajstić information content (AvgIpc) is 2.78. The lowest BCUT2D eigenvalue weighted by atomic mass is 9.99. The highest BCUT2D eigenvalue weighted by Crippen LogP contribution is 2.28. The van der Waals surface area contributed by atoms with Crippen LogP contribution in [0, 0.1) is 0 Å². The molecule has 0 bridgehead atoms. The molecule has 0 aliphatic rings. The van der Waals surface area contributed by atoms with Gasteiger partial charge in [0.1, 0.15) is 10.0 Å². The minimum absolute atomic E-state index is 0.639. The highest BCUT2D eigenvalue weighted by atomic mass is 32.1. The lowest BCUT2D eigenvalue weighted by molar-refractivity contribution is 0.554. The Kier molecular flexibility index (Phi) is 7.37. The zero-order chi connectivity index (χ0) is 12.5. The Morgan fingerprint density at radius 2 is 1.88 bits per heavy atom. The van der Waals surface area contributed by atoms with Crippen LogP contribution < -0.4 is 5.32 Å². The van der Waals surface area contributed by atoms with Crippen LogP contribution in [0.25, 0.3) is 0 Å². The van der Waals surface area contributed by atoms with Gasteiger partial charge in [-0.2, -0.15) is 0 Å². The summed E-state index contributed by atoms with van der Waals surface area (Å²) in [6, 6.07) is 0. The second-order valence-corrected chi connectivity index (χ2v) is 5.61. The van der Waals surface area contributed by atoms with Gasteiger partial charge >= 0.3 is 0 Å². The zero-order valence-electron chi connectivity index (χ0n) is 11.3. The number of rotatable bonds is 9.